The van der Waals surface area contributed by atoms with E-state index in [4.69, 9.17) is 0 Å². The standard InChI is InChI=1S/C19H19BrN4O3/c1-12(17(26)27)24-18(21-11-13-7-9-14(20)10-8-13)22-23-19(24,2)15-5-3-4-6-16(15)25/h3-12,23,25H,1-2H3,(H,26,27)/b21-11+. The summed E-state index contributed by atoms with van der Waals surface area (Å²) in [5, 5.41) is 24.1. The van der Waals surface area contributed by atoms with E-state index in [1.54, 1.807) is 49.2 Å². The largest absolute Gasteiger partial charge is 0.508 e. The number of hydrogen-bond acceptors (Lipinski definition) is 6. The lowest BCUT2D eigenvalue weighted by molar-refractivity contribution is -0.143. The molecule has 27 heavy (non-hydrogen) atoms. The van der Waals surface area contributed by atoms with Crippen molar-refractivity contribution in [2.75, 3.05) is 0 Å². The van der Waals surface area contributed by atoms with Gasteiger partial charge in [-0.3, -0.25) is 10.3 Å². The van der Waals surface area contributed by atoms with Crippen LogP contribution < -0.4 is 5.43 Å². The number of aliphatic imine (C=N–C) groups is 1. The minimum Gasteiger partial charge on any atom is -0.508 e. The first-order chi connectivity index (χ1) is 12.8. The average Bonchev–Trinajstić information content (AvgIpc) is 2.98. The first kappa shape index (κ1) is 18.9. The molecule has 8 heteroatoms. The van der Waals surface area contributed by atoms with Gasteiger partial charge in [-0.05, 0) is 37.6 Å². The molecule has 1 aliphatic rings. The van der Waals surface area contributed by atoms with Crippen LogP contribution in [0.25, 0.3) is 0 Å². The second-order valence-electron chi connectivity index (χ2n) is 6.31. The third-order valence-electron chi connectivity index (χ3n) is 4.44. The predicted octanol–water partition coefficient (Wildman–Crippen LogP) is 3.10. The fourth-order valence-electron chi connectivity index (χ4n) is 2.99. The quantitative estimate of drug-likeness (QED) is 0.647. The molecule has 0 radical (unpaired) electrons. The Morgan fingerprint density at radius 3 is 2.59 bits per heavy atom. The summed E-state index contributed by atoms with van der Waals surface area (Å²) in [6.07, 6.45) is 1.62. The summed E-state index contributed by atoms with van der Waals surface area (Å²) in [5.74, 6) is -0.756. The van der Waals surface area contributed by atoms with Crippen molar-refractivity contribution in [1.82, 2.24) is 10.3 Å². The number of carboxylic acid groups (broad SMARTS) is 1. The fraction of sp³-hybridized carbons (Fsp3) is 0.211. The molecule has 0 aromatic heterocycles. The normalized spacial score (nSPS) is 20.4. The summed E-state index contributed by atoms with van der Waals surface area (Å²) in [4.78, 5) is 17.6. The molecule has 2 atom stereocenters. The molecule has 2 unspecified atom stereocenters. The highest BCUT2D eigenvalue weighted by Gasteiger charge is 2.46. The molecular formula is C19H19BrN4O3. The predicted molar refractivity (Wildman–Crippen MR) is 107 cm³/mol. The van der Waals surface area contributed by atoms with E-state index < -0.39 is 17.7 Å². The van der Waals surface area contributed by atoms with Crippen molar-refractivity contribution >= 4 is 34.1 Å². The Kier molecular flexibility index (Phi) is 5.18. The third kappa shape index (κ3) is 3.66. The Hall–Kier alpha value is -2.87. The van der Waals surface area contributed by atoms with E-state index in [-0.39, 0.29) is 11.7 Å². The number of carboxylic acids is 1. The van der Waals surface area contributed by atoms with Crippen LogP contribution in [0.3, 0.4) is 0 Å². The van der Waals surface area contributed by atoms with Crippen LogP contribution in [0.1, 0.15) is 25.0 Å². The van der Waals surface area contributed by atoms with Gasteiger partial charge >= 0.3 is 5.97 Å². The smallest absolute Gasteiger partial charge is 0.326 e. The first-order valence-corrected chi connectivity index (χ1v) is 9.07. The van der Waals surface area contributed by atoms with Gasteiger partial charge in [0.15, 0.2) is 5.66 Å². The number of nitrogens with one attached hydrogen (secondary N) is 1. The summed E-state index contributed by atoms with van der Waals surface area (Å²) < 4.78 is 0.952. The molecule has 2 aromatic carbocycles. The summed E-state index contributed by atoms with van der Waals surface area (Å²) in [7, 11) is 0. The zero-order chi connectivity index (χ0) is 19.6. The van der Waals surface area contributed by atoms with E-state index in [2.05, 4.69) is 31.4 Å². The number of aromatic hydroxyl groups is 1. The van der Waals surface area contributed by atoms with E-state index in [1.807, 2.05) is 24.3 Å². The SMILES string of the molecule is CC(C(=O)O)N1C(/N=C/c2ccc(Br)cc2)=NNC1(C)c1ccccc1O. The number of rotatable bonds is 4. The van der Waals surface area contributed by atoms with Crippen LogP contribution in [0.4, 0.5) is 0 Å². The van der Waals surface area contributed by atoms with Gasteiger partial charge in [0, 0.05) is 16.3 Å². The van der Waals surface area contributed by atoms with E-state index in [9.17, 15) is 15.0 Å². The van der Waals surface area contributed by atoms with E-state index >= 15 is 0 Å². The number of nitrogens with zero attached hydrogens (tertiary/aromatic N) is 3. The third-order valence-corrected chi connectivity index (χ3v) is 4.97. The number of para-hydroxylation sites is 1. The molecule has 0 spiro atoms. The van der Waals surface area contributed by atoms with Gasteiger partial charge in [0.25, 0.3) is 0 Å². The Labute approximate surface area is 165 Å². The summed E-state index contributed by atoms with van der Waals surface area (Å²) >= 11 is 3.38. The van der Waals surface area contributed by atoms with Crippen LogP contribution in [0.2, 0.25) is 0 Å². The molecule has 0 amide bonds. The average molecular weight is 431 g/mol. The molecule has 0 saturated heterocycles. The topological polar surface area (TPSA) is 97.5 Å². The van der Waals surface area contributed by atoms with Crippen molar-refractivity contribution in [3.63, 3.8) is 0 Å². The number of carbonyl (C=O) groups is 1. The van der Waals surface area contributed by atoms with Crippen LogP contribution in [0.5, 0.6) is 5.75 Å². The van der Waals surface area contributed by atoms with Crippen LogP contribution in [-0.2, 0) is 10.5 Å². The Balaban J connectivity index is 1.98. The van der Waals surface area contributed by atoms with Crippen LogP contribution >= 0.6 is 15.9 Å². The number of halogens is 1. The van der Waals surface area contributed by atoms with Crippen molar-refractivity contribution in [2.45, 2.75) is 25.6 Å². The lowest BCUT2D eigenvalue weighted by Crippen LogP contribution is -2.55. The summed E-state index contributed by atoms with van der Waals surface area (Å²) in [6, 6.07) is 13.4. The van der Waals surface area contributed by atoms with Gasteiger partial charge < -0.3 is 10.2 Å². The summed E-state index contributed by atoms with van der Waals surface area (Å²) in [6.45, 7) is 3.31. The van der Waals surface area contributed by atoms with E-state index in [1.165, 1.54) is 0 Å². The maximum Gasteiger partial charge on any atom is 0.326 e. The molecular weight excluding hydrogens is 412 g/mol. The molecule has 0 fully saturated rings. The van der Waals surface area contributed by atoms with Gasteiger partial charge in [-0.25, -0.2) is 9.79 Å². The molecule has 0 bridgehead atoms. The Morgan fingerprint density at radius 2 is 1.96 bits per heavy atom. The number of aliphatic carboxylic acids is 1. The van der Waals surface area contributed by atoms with Crippen molar-refractivity contribution < 1.29 is 15.0 Å². The highest BCUT2D eigenvalue weighted by molar-refractivity contribution is 9.10. The number of hydrazone groups is 1. The Morgan fingerprint density at radius 1 is 1.30 bits per heavy atom. The second kappa shape index (κ2) is 7.40. The van der Waals surface area contributed by atoms with Gasteiger partial charge in [0.2, 0.25) is 5.96 Å². The molecule has 0 saturated carbocycles. The van der Waals surface area contributed by atoms with E-state index in [0.29, 0.717) is 5.56 Å². The molecule has 0 aliphatic carbocycles. The van der Waals surface area contributed by atoms with Crippen molar-refractivity contribution in [1.29, 1.82) is 0 Å². The number of phenolic OH excluding ortho intramolecular Hbond substituents is 1. The maximum absolute atomic E-state index is 11.7. The van der Waals surface area contributed by atoms with Crippen molar-refractivity contribution in [3.05, 3.63) is 64.1 Å². The molecule has 1 aliphatic heterocycles. The monoisotopic (exact) mass is 430 g/mol. The van der Waals surface area contributed by atoms with Gasteiger partial charge in [0.1, 0.15) is 11.8 Å². The minimum absolute atomic E-state index is 0.0448. The number of phenols is 1. The number of hydrogen-bond donors (Lipinski definition) is 3. The summed E-state index contributed by atoms with van der Waals surface area (Å²) in [5.41, 5.74) is 3.24. The van der Waals surface area contributed by atoms with Gasteiger partial charge in [0.05, 0.1) is 0 Å². The lowest BCUT2D eigenvalue weighted by atomic mass is 9.98. The van der Waals surface area contributed by atoms with Crippen LogP contribution in [0, 0.1) is 0 Å². The molecule has 3 N–H and O–H groups in total. The fourth-order valence-corrected chi connectivity index (χ4v) is 3.25. The van der Waals surface area contributed by atoms with Gasteiger partial charge in [-0.2, -0.15) is 0 Å². The highest BCUT2D eigenvalue weighted by atomic mass is 79.9. The highest BCUT2D eigenvalue weighted by Crippen LogP contribution is 2.36. The first-order valence-electron chi connectivity index (χ1n) is 8.28. The molecule has 140 valence electrons. The minimum atomic E-state index is -1.06. The maximum atomic E-state index is 11.7. The zero-order valence-corrected chi connectivity index (χ0v) is 16.4. The zero-order valence-electron chi connectivity index (χ0n) is 14.8. The number of guanidine groups is 1. The van der Waals surface area contributed by atoms with Crippen LogP contribution in [-0.4, -0.2) is 39.3 Å². The molecule has 3 rings (SSSR count). The van der Waals surface area contributed by atoms with Crippen molar-refractivity contribution in [3.8, 4) is 5.75 Å². The second-order valence-corrected chi connectivity index (χ2v) is 7.22. The molecule has 7 nitrogen and oxygen atoms in total. The molecule has 1 heterocycles. The van der Waals surface area contributed by atoms with Crippen LogP contribution in [0.15, 0.2) is 63.1 Å². The number of benzene rings is 2. The van der Waals surface area contributed by atoms with Crippen molar-refractivity contribution in [2.24, 2.45) is 10.1 Å². The lowest BCUT2D eigenvalue weighted by Gasteiger charge is -2.38. The van der Waals surface area contributed by atoms with Gasteiger partial charge in [-0.15, -0.1) is 5.10 Å². The Bertz CT molecular complexity index is 913. The van der Waals surface area contributed by atoms with E-state index in [0.717, 1.165) is 10.0 Å². The molecule has 2 aromatic rings. The van der Waals surface area contributed by atoms with Gasteiger partial charge in [-0.1, -0.05) is 46.3 Å².